The van der Waals surface area contributed by atoms with Crippen LogP contribution in [-0.4, -0.2) is 27.6 Å². The molecule has 6 nitrogen and oxygen atoms in total. The largest absolute Gasteiger partial charge is 0.337 e. The molecule has 1 unspecified atom stereocenters. The Kier molecular flexibility index (Phi) is 4.82. The summed E-state index contributed by atoms with van der Waals surface area (Å²) in [7, 11) is 0. The maximum atomic E-state index is 13.4. The van der Waals surface area contributed by atoms with Crippen molar-refractivity contribution in [3.63, 3.8) is 0 Å². The SMILES string of the molecule is O=C(Nc1cccc(F)c1)N1CCCCC1c1nc(-c2ccccc2)no1. The highest BCUT2D eigenvalue weighted by Crippen LogP contribution is 2.31. The molecule has 2 aromatic carbocycles. The highest BCUT2D eigenvalue weighted by atomic mass is 19.1. The Morgan fingerprint density at radius 2 is 2.00 bits per heavy atom. The molecule has 138 valence electrons. The molecule has 1 aliphatic heterocycles. The van der Waals surface area contributed by atoms with E-state index in [0.717, 1.165) is 24.8 Å². The van der Waals surface area contributed by atoms with Crippen molar-refractivity contribution in [3.05, 3.63) is 66.3 Å². The Morgan fingerprint density at radius 3 is 2.81 bits per heavy atom. The van der Waals surface area contributed by atoms with E-state index in [1.165, 1.54) is 12.1 Å². The maximum absolute atomic E-state index is 13.4. The second-order valence-corrected chi connectivity index (χ2v) is 6.47. The van der Waals surface area contributed by atoms with E-state index in [9.17, 15) is 9.18 Å². The third-order valence-electron chi connectivity index (χ3n) is 4.60. The van der Waals surface area contributed by atoms with E-state index < -0.39 is 5.82 Å². The van der Waals surface area contributed by atoms with E-state index in [2.05, 4.69) is 15.5 Å². The van der Waals surface area contributed by atoms with E-state index in [1.54, 1.807) is 17.0 Å². The summed E-state index contributed by atoms with van der Waals surface area (Å²) in [5, 5.41) is 6.80. The zero-order valence-electron chi connectivity index (χ0n) is 14.6. The lowest BCUT2D eigenvalue weighted by Crippen LogP contribution is -2.41. The molecule has 0 radical (unpaired) electrons. The van der Waals surface area contributed by atoms with Gasteiger partial charge in [0.05, 0.1) is 0 Å². The van der Waals surface area contributed by atoms with E-state index in [1.807, 2.05) is 30.3 Å². The smallest absolute Gasteiger partial charge is 0.322 e. The van der Waals surface area contributed by atoms with Gasteiger partial charge >= 0.3 is 6.03 Å². The summed E-state index contributed by atoms with van der Waals surface area (Å²) in [5.41, 5.74) is 1.28. The molecule has 1 N–H and O–H groups in total. The number of rotatable bonds is 3. The van der Waals surface area contributed by atoms with E-state index in [-0.39, 0.29) is 12.1 Å². The van der Waals surface area contributed by atoms with Crippen molar-refractivity contribution in [2.24, 2.45) is 0 Å². The van der Waals surface area contributed by atoms with Crippen LogP contribution in [-0.2, 0) is 0 Å². The van der Waals surface area contributed by atoms with Crippen molar-refractivity contribution in [3.8, 4) is 11.4 Å². The number of nitrogens with zero attached hydrogens (tertiary/aromatic N) is 3. The summed E-state index contributed by atoms with van der Waals surface area (Å²) in [6.45, 7) is 0.578. The number of carbonyl (C=O) groups is 1. The summed E-state index contributed by atoms with van der Waals surface area (Å²) in [6, 6.07) is 14.8. The Balaban J connectivity index is 1.54. The molecule has 0 saturated carbocycles. The molecule has 1 saturated heterocycles. The summed E-state index contributed by atoms with van der Waals surface area (Å²) in [5.74, 6) is 0.525. The van der Waals surface area contributed by atoms with Crippen LogP contribution < -0.4 is 5.32 Å². The third kappa shape index (κ3) is 3.81. The molecule has 0 aliphatic carbocycles. The van der Waals surface area contributed by atoms with Crippen LogP contribution in [0.2, 0.25) is 0 Å². The van der Waals surface area contributed by atoms with Gasteiger partial charge in [-0.2, -0.15) is 4.98 Å². The van der Waals surface area contributed by atoms with Gasteiger partial charge in [0, 0.05) is 17.8 Å². The number of hydrogen-bond donors (Lipinski definition) is 1. The average Bonchev–Trinajstić information content (AvgIpc) is 3.19. The zero-order valence-corrected chi connectivity index (χ0v) is 14.6. The van der Waals surface area contributed by atoms with Crippen LogP contribution in [0.1, 0.15) is 31.2 Å². The maximum Gasteiger partial charge on any atom is 0.322 e. The number of carbonyl (C=O) groups excluding carboxylic acids is 1. The van der Waals surface area contributed by atoms with Gasteiger partial charge in [0.1, 0.15) is 11.9 Å². The van der Waals surface area contributed by atoms with Crippen LogP contribution in [0, 0.1) is 5.82 Å². The van der Waals surface area contributed by atoms with Crippen LogP contribution >= 0.6 is 0 Å². The van der Waals surface area contributed by atoms with Gasteiger partial charge in [0.15, 0.2) is 0 Å². The Hall–Kier alpha value is -3.22. The molecule has 1 aromatic heterocycles. The van der Waals surface area contributed by atoms with Gasteiger partial charge in [0.2, 0.25) is 11.7 Å². The molecule has 2 amide bonds. The minimum atomic E-state index is -0.396. The molecule has 0 spiro atoms. The Labute approximate surface area is 156 Å². The average molecular weight is 366 g/mol. The van der Waals surface area contributed by atoms with Crippen molar-refractivity contribution in [2.75, 3.05) is 11.9 Å². The molecule has 3 aromatic rings. The minimum Gasteiger partial charge on any atom is -0.337 e. The van der Waals surface area contributed by atoms with E-state index in [4.69, 9.17) is 4.52 Å². The predicted octanol–water partition coefficient (Wildman–Crippen LogP) is 4.63. The quantitative estimate of drug-likeness (QED) is 0.733. The lowest BCUT2D eigenvalue weighted by atomic mass is 10.0. The third-order valence-corrected chi connectivity index (χ3v) is 4.60. The van der Waals surface area contributed by atoms with Gasteiger partial charge < -0.3 is 14.7 Å². The van der Waals surface area contributed by atoms with Crippen LogP contribution in [0.5, 0.6) is 0 Å². The topological polar surface area (TPSA) is 71.3 Å². The van der Waals surface area contributed by atoms with E-state index in [0.29, 0.717) is 23.9 Å². The van der Waals surface area contributed by atoms with Crippen LogP contribution in [0.25, 0.3) is 11.4 Å². The molecule has 27 heavy (non-hydrogen) atoms. The Morgan fingerprint density at radius 1 is 1.15 bits per heavy atom. The van der Waals surface area contributed by atoms with Crippen molar-refractivity contribution in [1.29, 1.82) is 0 Å². The summed E-state index contributed by atoms with van der Waals surface area (Å²) >= 11 is 0. The number of benzene rings is 2. The van der Waals surface area contributed by atoms with Crippen molar-refractivity contribution >= 4 is 11.7 Å². The Bertz CT molecular complexity index is 928. The first-order valence-corrected chi connectivity index (χ1v) is 8.93. The van der Waals surface area contributed by atoms with Gasteiger partial charge in [-0.15, -0.1) is 0 Å². The van der Waals surface area contributed by atoms with Crippen LogP contribution in [0.15, 0.2) is 59.1 Å². The highest BCUT2D eigenvalue weighted by Gasteiger charge is 2.32. The lowest BCUT2D eigenvalue weighted by molar-refractivity contribution is 0.142. The molecule has 4 rings (SSSR count). The molecule has 2 heterocycles. The number of urea groups is 1. The fourth-order valence-corrected chi connectivity index (χ4v) is 3.27. The second kappa shape index (κ2) is 7.57. The number of piperidine rings is 1. The first-order valence-electron chi connectivity index (χ1n) is 8.93. The normalized spacial score (nSPS) is 16.9. The fraction of sp³-hybridized carbons (Fsp3) is 0.250. The first-order chi connectivity index (χ1) is 13.2. The number of halogens is 1. The molecule has 1 aliphatic rings. The number of nitrogens with one attached hydrogen (secondary N) is 1. The summed E-state index contributed by atoms with van der Waals surface area (Å²) in [4.78, 5) is 18.9. The lowest BCUT2D eigenvalue weighted by Gasteiger charge is -2.33. The number of anilines is 1. The number of hydrogen-bond acceptors (Lipinski definition) is 4. The molecule has 1 atom stereocenters. The highest BCUT2D eigenvalue weighted by molar-refractivity contribution is 5.89. The van der Waals surface area contributed by atoms with Crippen LogP contribution in [0.4, 0.5) is 14.9 Å². The molecule has 7 heteroatoms. The van der Waals surface area contributed by atoms with Gasteiger partial charge in [-0.05, 0) is 37.5 Å². The van der Waals surface area contributed by atoms with E-state index >= 15 is 0 Å². The summed E-state index contributed by atoms with van der Waals surface area (Å²) < 4.78 is 18.8. The minimum absolute atomic E-state index is 0.294. The van der Waals surface area contributed by atoms with Gasteiger partial charge in [-0.25, -0.2) is 9.18 Å². The van der Waals surface area contributed by atoms with Gasteiger partial charge in [-0.1, -0.05) is 41.6 Å². The molecular formula is C20H19FN4O2. The monoisotopic (exact) mass is 366 g/mol. The fourth-order valence-electron chi connectivity index (χ4n) is 3.27. The van der Waals surface area contributed by atoms with Crippen molar-refractivity contribution in [2.45, 2.75) is 25.3 Å². The van der Waals surface area contributed by atoms with Crippen LogP contribution in [0.3, 0.4) is 0 Å². The summed E-state index contributed by atoms with van der Waals surface area (Å²) in [6.07, 6.45) is 2.61. The first kappa shape index (κ1) is 17.2. The number of amides is 2. The molecular weight excluding hydrogens is 347 g/mol. The molecule has 1 fully saturated rings. The van der Waals surface area contributed by atoms with Crippen molar-refractivity contribution in [1.82, 2.24) is 15.0 Å². The zero-order chi connectivity index (χ0) is 18.6. The predicted molar refractivity (Wildman–Crippen MR) is 98.5 cm³/mol. The van der Waals surface area contributed by atoms with Gasteiger partial charge in [-0.3, -0.25) is 0 Å². The molecule has 0 bridgehead atoms. The van der Waals surface area contributed by atoms with Gasteiger partial charge in [0.25, 0.3) is 0 Å². The standard InChI is InChI=1S/C20H19FN4O2/c21-15-9-6-10-16(13-15)22-20(26)25-12-5-4-11-17(25)19-23-18(24-27-19)14-7-2-1-3-8-14/h1-3,6-10,13,17H,4-5,11-12H2,(H,22,26). The second-order valence-electron chi connectivity index (χ2n) is 6.47. The van der Waals surface area contributed by atoms with Crippen molar-refractivity contribution < 1.29 is 13.7 Å². The number of aromatic nitrogens is 2. The number of likely N-dealkylation sites (tertiary alicyclic amines) is 1.